The molecule has 0 amide bonds. The lowest BCUT2D eigenvalue weighted by Crippen LogP contribution is -2.08. The van der Waals surface area contributed by atoms with Crippen LogP contribution in [0.3, 0.4) is 0 Å². The minimum Gasteiger partial charge on any atom is -0.207 e. The van der Waals surface area contributed by atoms with Crippen molar-refractivity contribution in [3.8, 4) is 0 Å². The van der Waals surface area contributed by atoms with Gasteiger partial charge in [0, 0.05) is 10.6 Å². The molecule has 82 valence electrons. The number of hydrogen-bond acceptors (Lipinski definition) is 2. The van der Waals surface area contributed by atoms with Gasteiger partial charge in [0.1, 0.15) is 5.82 Å². The van der Waals surface area contributed by atoms with Crippen LogP contribution in [0.25, 0.3) is 0 Å². The van der Waals surface area contributed by atoms with E-state index in [1.807, 2.05) is 20.8 Å². The van der Waals surface area contributed by atoms with Gasteiger partial charge < -0.3 is 0 Å². The van der Waals surface area contributed by atoms with Crippen molar-refractivity contribution in [1.82, 2.24) is 0 Å². The van der Waals surface area contributed by atoms with E-state index < -0.39 is 0 Å². The zero-order valence-electron chi connectivity index (χ0n) is 9.09. The zero-order chi connectivity index (χ0) is 11.5. The number of rotatable bonds is 2. The molecule has 2 nitrogen and oxygen atoms in total. The summed E-state index contributed by atoms with van der Waals surface area (Å²) < 4.78 is 13.3. The molecular weight excluding hydrogens is 215 g/mol. The Bertz CT molecular complexity index is 349. The Hall–Kier alpha value is -0.960. The van der Waals surface area contributed by atoms with Gasteiger partial charge in [-0.05, 0) is 32.9 Å². The summed E-state index contributed by atoms with van der Waals surface area (Å²) in [7, 11) is 0. The normalized spacial score (nSPS) is 12.3. The van der Waals surface area contributed by atoms with E-state index in [9.17, 15) is 4.39 Å². The van der Waals surface area contributed by atoms with Crippen molar-refractivity contribution in [1.29, 1.82) is 0 Å². The second kappa shape index (κ2) is 4.71. The quantitative estimate of drug-likeness (QED) is 0.677. The molecule has 1 rings (SSSR count). The van der Waals surface area contributed by atoms with Crippen molar-refractivity contribution in [2.75, 3.05) is 0 Å². The van der Waals surface area contributed by atoms with Gasteiger partial charge >= 0.3 is 0 Å². The fourth-order valence-electron chi connectivity index (χ4n) is 1.00. The molecule has 0 spiro atoms. The molecule has 0 saturated heterocycles. The molecule has 0 saturated carbocycles. The van der Waals surface area contributed by atoms with E-state index in [4.69, 9.17) is 11.6 Å². The maximum atomic E-state index is 13.3. The summed E-state index contributed by atoms with van der Waals surface area (Å²) in [4.78, 5) is 0. The lowest BCUT2D eigenvalue weighted by atomic mass is 10.1. The number of hydrogen-bond donors (Lipinski definition) is 0. The van der Waals surface area contributed by atoms with Crippen LogP contribution in [0.4, 0.5) is 4.39 Å². The Balaban J connectivity index is 2.78. The molecule has 1 aromatic carbocycles. The summed E-state index contributed by atoms with van der Waals surface area (Å²) in [6.07, 6.45) is 0. The Morgan fingerprint density at radius 1 is 1.33 bits per heavy atom. The molecule has 0 radical (unpaired) electrons. The van der Waals surface area contributed by atoms with Crippen LogP contribution in [-0.4, -0.2) is 5.54 Å². The minimum absolute atomic E-state index is 0.183. The van der Waals surface area contributed by atoms with E-state index >= 15 is 0 Å². The third-order valence-electron chi connectivity index (χ3n) is 1.66. The smallest absolute Gasteiger partial charge is 0.129 e. The van der Waals surface area contributed by atoms with E-state index in [0.717, 1.165) is 0 Å². The summed E-state index contributed by atoms with van der Waals surface area (Å²) in [6.45, 7) is 5.97. The molecule has 0 aliphatic rings. The van der Waals surface area contributed by atoms with Gasteiger partial charge in [0.05, 0.1) is 12.1 Å². The van der Waals surface area contributed by atoms with Gasteiger partial charge in [0.15, 0.2) is 0 Å². The first-order chi connectivity index (χ1) is 6.90. The van der Waals surface area contributed by atoms with Crippen molar-refractivity contribution in [3.05, 3.63) is 34.6 Å². The van der Waals surface area contributed by atoms with Gasteiger partial charge in [-0.25, -0.2) is 4.39 Å². The highest BCUT2D eigenvalue weighted by Crippen LogP contribution is 2.20. The summed E-state index contributed by atoms with van der Waals surface area (Å²) in [6, 6.07) is 4.59. The number of nitrogens with zero attached hydrogens (tertiary/aromatic N) is 2. The molecule has 0 bridgehead atoms. The van der Waals surface area contributed by atoms with Crippen LogP contribution in [0, 0.1) is 5.82 Å². The first kappa shape index (κ1) is 12.1. The van der Waals surface area contributed by atoms with Crippen molar-refractivity contribution < 1.29 is 4.39 Å². The van der Waals surface area contributed by atoms with Crippen LogP contribution in [-0.2, 0) is 6.54 Å². The largest absolute Gasteiger partial charge is 0.207 e. The van der Waals surface area contributed by atoms with Gasteiger partial charge in [0.2, 0.25) is 0 Å². The number of azo groups is 1. The third-order valence-corrected chi connectivity index (χ3v) is 2.02. The van der Waals surface area contributed by atoms with Gasteiger partial charge in [0.25, 0.3) is 0 Å². The SMILES string of the molecule is CC(C)(C)N=NCc1c(F)cccc1Cl. The molecule has 0 unspecified atom stereocenters. The van der Waals surface area contributed by atoms with Crippen molar-refractivity contribution in [2.24, 2.45) is 10.2 Å². The summed E-state index contributed by atoms with van der Waals surface area (Å²) in [5, 5.41) is 8.36. The van der Waals surface area contributed by atoms with Crippen molar-refractivity contribution in [3.63, 3.8) is 0 Å². The zero-order valence-corrected chi connectivity index (χ0v) is 9.85. The van der Waals surface area contributed by atoms with Crippen LogP contribution in [0.1, 0.15) is 26.3 Å². The van der Waals surface area contributed by atoms with Crippen LogP contribution in [0.5, 0.6) is 0 Å². The van der Waals surface area contributed by atoms with E-state index in [1.54, 1.807) is 12.1 Å². The van der Waals surface area contributed by atoms with E-state index in [0.29, 0.717) is 10.6 Å². The predicted octanol–water partition coefficient (Wildman–Crippen LogP) is 4.23. The maximum Gasteiger partial charge on any atom is 0.129 e. The highest BCUT2D eigenvalue weighted by molar-refractivity contribution is 6.31. The Morgan fingerprint density at radius 3 is 2.53 bits per heavy atom. The Kier molecular flexibility index (Phi) is 3.80. The number of halogens is 2. The Labute approximate surface area is 94.2 Å². The topological polar surface area (TPSA) is 24.7 Å². The highest BCUT2D eigenvalue weighted by atomic mass is 35.5. The van der Waals surface area contributed by atoms with Gasteiger partial charge in [-0.1, -0.05) is 17.7 Å². The van der Waals surface area contributed by atoms with Gasteiger partial charge in [-0.15, -0.1) is 0 Å². The Morgan fingerprint density at radius 2 is 2.00 bits per heavy atom. The molecule has 0 aliphatic carbocycles. The van der Waals surface area contributed by atoms with Crippen molar-refractivity contribution >= 4 is 11.6 Å². The fraction of sp³-hybridized carbons (Fsp3) is 0.455. The molecule has 4 heteroatoms. The molecule has 0 aliphatic heterocycles. The van der Waals surface area contributed by atoms with Crippen LogP contribution < -0.4 is 0 Å². The maximum absolute atomic E-state index is 13.3. The average Bonchev–Trinajstić information content (AvgIpc) is 2.08. The van der Waals surface area contributed by atoms with Crippen LogP contribution >= 0.6 is 11.6 Å². The molecule has 0 aromatic heterocycles. The van der Waals surface area contributed by atoms with E-state index in [-0.39, 0.29) is 17.9 Å². The summed E-state index contributed by atoms with van der Waals surface area (Å²) in [5.41, 5.74) is 0.157. The third kappa shape index (κ3) is 3.96. The molecule has 0 fully saturated rings. The minimum atomic E-state index is -0.338. The van der Waals surface area contributed by atoms with E-state index in [1.165, 1.54) is 6.07 Å². The highest BCUT2D eigenvalue weighted by Gasteiger charge is 2.08. The average molecular weight is 229 g/mol. The second-order valence-electron chi connectivity index (χ2n) is 4.27. The lowest BCUT2D eigenvalue weighted by Gasteiger charge is -2.09. The molecule has 15 heavy (non-hydrogen) atoms. The summed E-state index contributed by atoms with van der Waals surface area (Å²) >= 11 is 5.84. The molecule has 1 aromatic rings. The standard InChI is InChI=1S/C11H14ClFN2/c1-11(2,3)15-14-7-8-9(12)5-4-6-10(8)13/h4-6H,7H2,1-3H3. The molecular formula is C11H14ClFN2. The summed E-state index contributed by atoms with van der Waals surface area (Å²) in [5.74, 6) is -0.338. The molecule has 0 N–H and O–H groups in total. The molecule has 0 atom stereocenters. The monoisotopic (exact) mass is 228 g/mol. The van der Waals surface area contributed by atoms with Gasteiger partial charge in [-0.3, -0.25) is 0 Å². The first-order valence-electron chi connectivity index (χ1n) is 4.72. The van der Waals surface area contributed by atoms with Crippen LogP contribution in [0.15, 0.2) is 28.4 Å². The van der Waals surface area contributed by atoms with Crippen molar-refractivity contribution in [2.45, 2.75) is 32.9 Å². The first-order valence-corrected chi connectivity index (χ1v) is 5.09. The molecule has 0 heterocycles. The second-order valence-corrected chi connectivity index (χ2v) is 4.68. The number of benzene rings is 1. The predicted molar refractivity (Wildman–Crippen MR) is 59.7 cm³/mol. The lowest BCUT2D eigenvalue weighted by molar-refractivity contribution is 0.532. The van der Waals surface area contributed by atoms with Gasteiger partial charge in [-0.2, -0.15) is 10.2 Å². The van der Waals surface area contributed by atoms with E-state index in [2.05, 4.69) is 10.2 Å². The van der Waals surface area contributed by atoms with Crippen LogP contribution in [0.2, 0.25) is 5.02 Å². The fourth-order valence-corrected chi connectivity index (χ4v) is 1.22.